The van der Waals surface area contributed by atoms with E-state index in [9.17, 15) is 9.18 Å². The Morgan fingerprint density at radius 1 is 1.03 bits per heavy atom. The molecule has 1 N–H and O–H groups in total. The molecule has 1 saturated heterocycles. The van der Waals surface area contributed by atoms with Crippen molar-refractivity contribution in [1.29, 1.82) is 0 Å². The molecule has 5 nitrogen and oxygen atoms in total. The minimum absolute atomic E-state index is 0.00796. The number of rotatable bonds is 9. The third kappa shape index (κ3) is 6.39. The normalized spacial score (nSPS) is 15.1. The molecule has 0 aliphatic carbocycles. The van der Waals surface area contributed by atoms with Gasteiger partial charge >= 0.3 is 0 Å². The Morgan fingerprint density at radius 2 is 1.81 bits per heavy atom. The topological polar surface area (TPSA) is 46.5 Å². The quantitative estimate of drug-likeness (QED) is 0.320. The first kappa shape index (κ1) is 25.5. The maximum Gasteiger partial charge on any atom is 0.220 e. The van der Waals surface area contributed by atoms with Crippen LogP contribution in [0.15, 0.2) is 79.0 Å². The highest BCUT2D eigenvalue weighted by molar-refractivity contribution is 6.30. The number of benzene rings is 3. The molecule has 1 fully saturated rings. The van der Waals surface area contributed by atoms with E-state index in [0.717, 1.165) is 60.4 Å². The lowest BCUT2D eigenvalue weighted by Gasteiger charge is -2.26. The summed E-state index contributed by atoms with van der Waals surface area (Å²) in [6.07, 6.45) is 2.44. The summed E-state index contributed by atoms with van der Waals surface area (Å²) in [4.78, 5) is 15.5. The molecule has 7 heteroatoms. The van der Waals surface area contributed by atoms with E-state index in [1.807, 2.05) is 36.4 Å². The van der Waals surface area contributed by atoms with Crippen LogP contribution in [0.2, 0.25) is 5.02 Å². The molecule has 0 radical (unpaired) electrons. The van der Waals surface area contributed by atoms with Crippen LogP contribution in [-0.2, 0) is 16.1 Å². The Balaban J connectivity index is 1.41. The number of nitrogens with one attached hydrogen (secondary N) is 1. The van der Waals surface area contributed by atoms with Crippen LogP contribution >= 0.6 is 11.6 Å². The van der Waals surface area contributed by atoms with Crippen molar-refractivity contribution in [3.63, 3.8) is 0 Å². The summed E-state index contributed by atoms with van der Waals surface area (Å²) in [5.41, 5.74) is 4.15. The van der Waals surface area contributed by atoms with Gasteiger partial charge in [0.25, 0.3) is 0 Å². The molecular weight excluding hydrogens is 489 g/mol. The molecule has 3 aromatic carbocycles. The molecule has 4 aromatic rings. The van der Waals surface area contributed by atoms with Gasteiger partial charge in [0.1, 0.15) is 5.82 Å². The molecule has 1 amide bonds. The molecule has 1 aliphatic rings. The number of carbonyl (C=O) groups excluding carboxylic acids is 1. The molecule has 0 unspecified atom stereocenters. The fraction of sp³-hybridized carbons (Fsp3) is 0.300. The molecule has 192 valence electrons. The Morgan fingerprint density at radius 3 is 2.59 bits per heavy atom. The molecule has 1 aliphatic heterocycles. The average molecular weight is 520 g/mol. The third-order valence-electron chi connectivity index (χ3n) is 6.96. The van der Waals surface area contributed by atoms with Crippen molar-refractivity contribution in [3.8, 4) is 0 Å². The van der Waals surface area contributed by atoms with Gasteiger partial charge in [-0.25, -0.2) is 4.39 Å². The molecule has 1 atom stereocenters. The minimum atomic E-state index is -0.248. The lowest BCUT2D eigenvalue weighted by molar-refractivity contribution is -0.121. The summed E-state index contributed by atoms with van der Waals surface area (Å²) >= 11 is 6.37. The Labute approximate surface area is 221 Å². The number of aromatic nitrogens is 1. The van der Waals surface area contributed by atoms with Crippen LogP contribution in [0.25, 0.3) is 10.9 Å². The first-order valence-corrected chi connectivity index (χ1v) is 13.1. The zero-order chi connectivity index (χ0) is 25.6. The van der Waals surface area contributed by atoms with Crippen molar-refractivity contribution in [2.75, 3.05) is 39.4 Å². The van der Waals surface area contributed by atoms with Gasteiger partial charge in [0.05, 0.1) is 13.2 Å². The van der Waals surface area contributed by atoms with Gasteiger partial charge in [0.15, 0.2) is 0 Å². The van der Waals surface area contributed by atoms with Crippen molar-refractivity contribution in [2.24, 2.45) is 0 Å². The number of morpholine rings is 1. The number of fused-ring (bicyclic) bond motifs is 1. The highest BCUT2D eigenvalue weighted by atomic mass is 35.5. The van der Waals surface area contributed by atoms with Crippen LogP contribution in [0.1, 0.15) is 29.0 Å². The van der Waals surface area contributed by atoms with E-state index in [4.69, 9.17) is 16.3 Å². The van der Waals surface area contributed by atoms with E-state index in [1.165, 1.54) is 12.1 Å². The highest BCUT2D eigenvalue weighted by Gasteiger charge is 2.23. The van der Waals surface area contributed by atoms with Crippen LogP contribution in [0, 0.1) is 5.82 Å². The van der Waals surface area contributed by atoms with E-state index in [2.05, 4.69) is 33.1 Å². The van der Waals surface area contributed by atoms with Crippen LogP contribution in [0.5, 0.6) is 0 Å². The molecule has 5 rings (SSSR count). The predicted molar refractivity (Wildman–Crippen MR) is 146 cm³/mol. The fourth-order valence-electron chi connectivity index (χ4n) is 5.04. The van der Waals surface area contributed by atoms with Gasteiger partial charge in [0.2, 0.25) is 5.91 Å². The van der Waals surface area contributed by atoms with Crippen molar-refractivity contribution < 1.29 is 13.9 Å². The van der Waals surface area contributed by atoms with Crippen molar-refractivity contribution in [3.05, 3.63) is 107 Å². The molecule has 37 heavy (non-hydrogen) atoms. The van der Waals surface area contributed by atoms with Crippen LogP contribution < -0.4 is 5.32 Å². The number of para-hydroxylation sites is 1. The van der Waals surface area contributed by atoms with E-state index >= 15 is 0 Å². The van der Waals surface area contributed by atoms with Gasteiger partial charge < -0.3 is 14.6 Å². The van der Waals surface area contributed by atoms with E-state index < -0.39 is 0 Å². The number of hydrogen-bond acceptors (Lipinski definition) is 3. The number of carbonyl (C=O) groups is 1. The second-order valence-electron chi connectivity index (χ2n) is 9.47. The molecule has 2 heterocycles. The zero-order valence-electron chi connectivity index (χ0n) is 20.7. The van der Waals surface area contributed by atoms with E-state index in [-0.39, 0.29) is 17.6 Å². The fourth-order valence-corrected chi connectivity index (χ4v) is 5.24. The first-order chi connectivity index (χ1) is 18.1. The van der Waals surface area contributed by atoms with Gasteiger partial charge in [-0.2, -0.15) is 0 Å². The number of hydrogen-bond donors (Lipinski definition) is 1. The molecular formula is C30H31ClFN3O2. The van der Waals surface area contributed by atoms with E-state index in [1.54, 1.807) is 12.1 Å². The standard InChI is InChI=1S/C30H31ClFN3O2/c31-24-5-3-4-23(18-24)27(19-30(36)33-12-13-34-14-16-37-17-15-34)28-21-35(29-7-2-1-6-26(28)29)20-22-8-10-25(32)11-9-22/h1-11,18,21,27H,12-17,19-20H2,(H,33,36)/t27-/m0/s1. The van der Waals surface area contributed by atoms with Crippen LogP contribution in [0.4, 0.5) is 4.39 Å². The van der Waals surface area contributed by atoms with Crippen LogP contribution in [0.3, 0.4) is 0 Å². The number of amides is 1. The largest absolute Gasteiger partial charge is 0.379 e. The van der Waals surface area contributed by atoms with Gasteiger partial charge in [-0.15, -0.1) is 0 Å². The summed E-state index contributed by atoms with van der Waals surface area (Å²) < 4.78 is 21.0. The van der Waals surface area contributed by atoms with Gasteiger partial charge in [-0.1, -0.05) is 54.1 Å². The van der Waals surface area contributed by atoms with Gasteiger partial charge in [-0.05, 0) is 47.0 Å². The van der Waals surface area contributed by atoms with Crippen molar-refractivity contribution >= 4 is 28.4 Å². The lowest BCUT2D eigenvalue weighted by atomic mass is 9.88. The predicted octanol–water partition coefficient (Wildman–Crippen LogP) is 5.45. The number of nitrogens with zero attached hydrogens (tertiary/aromatic N) is 2. The smallest absolute Gasteiger partial charge is 0.220 e. The van der Waals surface area contributed by atoms with Gasteiger partial charge in [0, 0.05) is 67.2 Å². The van der Waals surface area contributed by atoms with Gasteiger partial charge in [-0.3, -0.25) is 9.69 Å². The second kappa shape index (κ2) is 11.9. The van der Waals surface area contributed by atoms with Crippen LogP contribution in [-0.4, -0.2) is 54.8 Å². The zero-order valence-corrected chi connectivity index (χ0v) is 21.5. The lowest BCUT2D eigenvalue weighted by Crippen LogP contribution is -2.41. The Hall–Kier alpha value is -3.19. The molecule has 0 bridgehead atoms. The minimum Gasteiger partial charge on any atom is -0.379 e. The van der Waals surface area contributed by atoms with E-state index in [0.29, 0.717) is 24.5 Å². The maximum absolute atomic E-state index is 13.5. The second-order valence-corrected chi connectivity index (χ2v) is 9.91. The van der Waals surface area contributed by atoms with Crippen molar-refractivity contribution in [2.45, 2.75) is 18.9 Å². The first-order valence-electron chi connectivity index (χ1n) is 12.7. The molecule has 1 aromatic heterocycles. The highest BCUT2D eigenvalue weighted by Crippen LogP contribution is 2.36. The molecule has 0 spiro atoms. The monoisotopic (exact) mass is 519 g/mol. The third-order valence-corrected chi connectivity index (χ3v) is 7.19. The summed E-state index contributed by atoms with van der Waals surface area (Å²) in [5, 5.41) is 4.85. The number of ether oxygens (including phenoxy) is 1. The Bertz CT molecular complexity index is 1350. The summed E-state index contributed by atoms with van der Waals surface area (Å²) in [6, 6.07) is 22.5. The Kier molecular flexibility index (Phi) is 8.19. The average Bonchev–Trinajstić information content (AvgIpc) is 3.27. The SMILES string of the molecule is O=C(C[C@@H](c1cccc(Cl)c1)c1cn(Cc2ccc(F)cc2)c2ccccc12)NCCN1CCOCC1. The summed E-state index contributed by atoms with van der Waals surface area (Å²) in [6.45, 7) is 5.30. The number of halogens is 2. The summed E-state index contributed by atoms with van der Waals surface area (Å²) in [5.74, 6) is -0.405. The summed E-state index contributed by atoms with van der Waals surface area (Å²) in [7, 11) is 0. The maximum atomic E-state index is 13.5. The molecule has 0 saturated carbocycles. The van der Waals surface area contributed by atoms with Crippen molar-refractivity contribution in [1.82, 2.24) is 14.8 Å².